The lowest BCUT2D eigenvalue weighted by Gasteiger charge is -2.10. The highest BCUT2D eigenvalue weighted by molar-refractivity contribution is 6.30. The van der Waals surface area contributed by atoms with E-state index in [9.17, 15) is 9.59 Å². The molecule has 7 heteroatoms. The summed E-state index contributed by atoms with van der Waals surface area (Å²) in [5.41, 5.74) is 0.322. The van der Waals surface area contributed by atoms with Gasteiger partial charge in [-0.05, 0) is 13.8 Å². The zero-order valence-corrected chi connectivity index (χ0v) is 11.8. The molecule has 0 aliphatic rings. The van der Waals surface area contributed by atoms with E-state index in [-0.39, 0.29) is 12.8 Å². The van der Waals surface area contributed by atoms with Crippen LogP contribution >= 0.6 is 0 Å². The Morgan fingerprint density at radius 1 is 1.41 bits per heavy atom. The molecule has 0 aromatic heterocycles. The van der Waals surface area contributed by atoms with Gasteiger partial charge in [0, 0.05) is 12.7 Å². The lowest BCUT2D eigenvalue weighted by atomic mass is 10.4. The van der Waals surface area contributed by atoms with Crippen molar-refractivity contribution in [3.63, 3.8) is 0 Å². The van der Waals surface area contributed by atoms with Gasteiger partial charge in [0.1, 0.15) is 12.8 Å². The smallest absolute Gasteiger partial charge is 0.332 e. The van der Waals surface area contributed by atoms with Crippen molar-refractivity contribution < 1.29 is 28.2 Å². The van der Waals surface area contributed by atoms with E-state index in [1.807, 2.05) is 0 Å². The lowest BCUT2D eigenvalue weighted by Crippen LogP contribution is -2.22. The van der Waals surface area contributed by atoms with Crippen LogP contribution in [0.3, 0.4) is 0 Å². The van der Waals surface area contributed by atoms with Crippen LogP contribution in [0.4, 0.5) is 0 Å². The zero-order valence-electron chi connectivity index (χ0n) is 10.4. The van der Waals surface area contributed by atoms with Gasteiger partial charge >= 0.3 is 11.9 Å². The summed E-state index contributed by atoms with van der Waals surface area (Å²) >= 11 is 0. The Kier molecular flexibility index (Phi) is 8.29. The van der Waals surface area contributed by atoms with Gasteiger partial charge in [-0.1, -0.05) is 6.58 Å². The van der Waals surface area contributed by atoms with E-state index in [4.69, 9.17) is 18.6 Å². The summed E-state index contributed by atoms with van der Waals surface area (Å²) in [5, 5.41) is 0. The standard InChI is InChI=1S/C10H18O6Si/c1-7(2)10(12)15-6-17-16-9(11)5-14-8(3)13-4/h8H,1,5-6,17H2,2-4H3. The van der Waals surface area contributed by atoms with Crippen LogP contribution in [0.25, 0.3) is 0 Å². The molecule has 0 aromatic rings. The first-order valence-electron chi connectivity index (χ1n) is 5.10. The molecular weight excluding hydrogens is 244 g/mol. The second-order valence-corrected chi connectivity index (χ2v) is 4.36. The minimum Gasteiger partial charge on any atom is -0.520 e. The number of esters is 1. The highest BCUT2D eigenvalue weighted by Gasteiger charge is 2.08. The molecule has 6 nitrogen and oxygen atoms in total. The van der Waals surface area contributed by atoms with E-state index >= 15 is 0 Å². The number of rotatable bonds is 8. The summed E-state index contributed by atoms with van der Waals surface area (Å²) in [4.78, 5) is 22.1. The van der Waals surface area contributed by atoms with Gasteiger partial charge in [0.2, 0.25) is 0 Å². The monoisotopic (exact) mass is 262 g/mol. The summed E-state index contributed by atoms with van der Waals surface area (Å²) < 4.78 is 19.4. The third kappa shape index (κ3) is 8.61. The lowest BCUT2D eigenvalue weighted by molar-refractivity contribution is -0.156. The van der Waals surface area contributed by atoms with Gasteiger partial charge in [-0.2, -0.15) is 0 Å². The molecule has 1 unspecified atom stereocenters. The topological polar surface area (TPSA) is 71.1 Å². The van der Waals surface area contributed by atoms with E-state index in [1.165, 1.54) is 7.11 Å². The molecular formula is C10H18O6Si. The second kappa shape index (κ2) is 8.91. The van der Waals surface area contributed by atoms with E-state index in [0.29, 0.717) is 5.57 Å². The van der Waals surface area contributed by atoms with Gasteiger partial charge in [-0.25, -0.2) is 4.79 Å². The largest absolute Gasteiger partial charge is 0.520 e. The van der Waals surface area contributed by atoms with Crippen molar-refractivity contribution in [1.82, 2.24) is 0 Å². The fourth-order valence-electron chi connectivity index (χ4n) is 0.708. The van der Waals surface area contributed by atoms with Crippen LogP contribution < -0.4 is 0 Å². The van der Waals surface area contributed by atoms with Crippen molar-refractivity contribution in [3.05, 3.63) is 12.2 Å². The Hall–Kier alpha value is -1.18. The van der Waals surface area contributed by atoms with E-state index < -0.39 is 28.0 Å². The molecule has 0 aromatic carbocycles. The van der Waals surface area contributed by atoms with Crippen LogP contribution in [0.1, 0.15) is 13.8 Å². The molecule has 0 saturated heterocycles. The molecule has 17 heavy (non-hydrogen) atoms. The Labute approximate surface area is 103 Å². The molecule has 0 aliphatic heterocycles. The predicted molar refractivity (Wildman–Crippen MR) is 62.8 cm³/mol. The van der Waals surface area contributed by atoms with Crippen molar-refractivity contribution in [2.75, 3.05) is 19.9 Å². The van der Waals surface area contributed by atoms with Crippen LogP contribution in [0.15, 0.2) is 12.2 Å². The number of methoxy groups -OCH3 is 1. The molecule has 0 N–H and O–H groups in total. The third-order valence-electron chi connectivity index (χ3n) is 1.70. The Bertz CT molecular complexity index is 278. The summed E-state index contributed by atoms with van der Waals surface area (Å²) in [6.45, 7) is 6.47. The minimum absolute atomic E-state index is 0.136. The van der Waals surface area contributed by atoms with Crippen LogP contribution in [0.2, 0.25) is 0 Å². The van der Waals surface area contributed by atoms with Gasteiger partial charge in [0.15, 0.2) is 6.29 Å². The second-order valence-electron chi connectivity index (χ2n) is 3.25. The van der Waals surface area contributed by atoms with Crippen molar-refractivity contribution in [3.8, 4) is 0 Å². The number of carbonyl (C=O) groups excluding carboxylic acids is 2. The van der Waals surface area contributed by atoms with Crippen molar-refractivity contribution in [2.24, 2.45) is 0 Å². The fourth-order valence-corrected chi connectivity index (χ4v) is 1.37. The molecule has 0 rings (SSSR count). The maximum Gasteiger partial charge on any atom is 0.332 e. The summed E-state index contributed by atoms with van der Waals surface area (Å²) in [6.07, 6.45) is -0.317. The van der Waals surface area contributed by atoms with Gasteiger partial charge in [-0.15, -0.1) is 0 Å². The van der Waals surface area contributed by atoms with Gasteiger partial charge in [0.25, 0.3) is 9.76 Å². The number of hydrogen-bond acceptors (Lipinski definition) is 6. The summed E-state index contributed by atoms with van der Waals surface area (Å²) in [7, 11) is 0.257. The van der Waals surface area contributed by atoms with Gasteiger partial charge in [-0.3, -0.25) is 4.79 Å². The van der Waals surface area contributed by atoms with E-state index in [2.05, 4.69) is 6.58 Å². The first kappa shape index (κ1) is 15.8. The molecule has 0 heterocycles. The molecule has 0 fully saturated rings. The fraction of sp³-hybridized carbons (Fsp3) is 0.600. The average Bonchev–Trinajstić information content (AvgIpc) is 2.30. The Morgan fingerprint density at radius 3 is 2.59 bits per heavy atom. The maximum absolute atomic E-state index is 11.1. The van der Waals surface area contributed by atoms with Gasteiger partial charge < -0.3 is 18.6 Å². The third-order valence-corrected chi connectivity index (χ3v) is 2.59. The maximum atomic E-state index is 11.1. The minimum atomic E-state index is -1.22. The highest BCUT2D eigenvalue weighted by atomic mass is 28.2. The Balaban J connectivity index is 3.52. The Morgan fingerprint density at radius 2 is 2.06 bits per heavy atom. The van der Waals surface area contributed by atoms with Crippen LogP contribution in [-0.4, -0.2) is 47.9 Å². The quantitative estimate of drug-likeness (QED) is 0.197. The van der Waals surface area contributed by atoms with Crippen molar-refractivity contribution >= 4 is 21.7 Å². The average molecular weight is 262 g/mol. The molecule has 0 saturated carbocycles. The molecule has 98 valence electrons. The van der Waals surface area contributed by atoms with Crippen LogP contribution in [0, 0.1) is 0 Å². The van der Waals surface area contributed by atoms with Crippen LogP contribution in [-0.2, 0) is 28.2 Å². The number of carbonyl (C=O) groups is 2. The predicted octanol–water partition coefficient (Wildman–Crippen LogP) is -0.301. The van der Waals surface area contributed by atoms with Crippen molar-refractivity contribution in [1.29, 1.82) is 0 Å². The molecule has 0 amide bonds. The highest BCUT2D eigenvalue weighted by Crippen LogP contribution is 1.93. The van der Waals surface area contributed by atoms with E-state index in [1.54, 1.807) is 13.8 Å². The SMILES string of the molecule is C=C(C)C(=O)OC[SiH2]OC(=O)COC(C)OC. The molecule has 0 bridgehead atoms. The molecule has 0 spiro atoms. The number of hydrogen-bond donors (Lipinski definition) is 0. The van der Waals surface area contributed by atoms with E-state index in [0.717, 1.165) is 0 Å². The first-order chi connectivity index (χ1) is 7.97. The molecule has 0 aliphatic carbocycles. The zero-order chi connectivity index (χ0) is 13.3. The van der Waals surface area contributed by atoms with Gasteiger partial charge in [0.05, 0.1) is 0 Å². The molecule has 0 radical (unpaired) electrons. The summed E-state index contributed by atoms with van der Waals surface area (Å²) in [6, 6.07) is 0. The van der Waals surface area contributed by atoms with Crippen molar-refractivity contribution in [2.45, 2.75) is 20.1 Å². The normalized spacial score (nSPS) is 12.4. The summed E-state index contributed by atoms with van der Waals surface area (Å²) in [5.74, 6) is -0.954. The number of ether oxygens (including phenoxy) is 3. The molecule has 1 atom stereocenters. The van der Waals surface area contributed by atoms with Crippen LogP contribution in [0.5, 0.6) is 0 Å². The first-order valence-corrected chi connectivity index (χ1v) is 6.67.